The van der Waals surface area contributed by atoms with Crippen molar-refractivity contribution < 1.29 is 9.90 Å². The number of nitrogens with zero attached hydrogens (tertiary/aromatic N) is 3. The largest absolute Gasteiger partial charge is 0.481 e. The Kier molecular flexibility index (Phi) is 2.74. The molecule has 0 spiro atoms. The normalized spacial score (nSPS) is 14.7. The van der Waals surface area contributed by atoms with Crippen molar-refractivity contribution in [3.05, 3.63) is 23.3 Å². The minimum Gasteiger partial charge on any atom is -0.481 e. The monoisotopic (exact) mass is 245 g/mol. The Morgan fingerprint density at radius 1 is 1.17 bits per heavy atom. The molecule has 1 aliphatic carbocycles. The van der Waals surface area contributed by atoms with Crippen molar-refractivity contribution in [1.82, 2.24) is 15.0 Å². The first kappa shape index (κ1) is 11.2. The number of aryl methyl sites for hydroxylation is 3. The first-order valence-corrected chi connectivity index (χ1v) is 6.31. The van der Waals surface area contributed by atoms with E-state index in [0.29, 0.717) is 6.54 Å². The molecule has 18 heavy (non-hydrogen) atoms. The molecule has 1 aromatic heterocycles. The predicted octanol–water partition coefficient (Wildman–Crippen LogP) is 1.78. The van der Waals surface area contributed by atoms with Crippen molar-refractivity contribution in [3.8, 4) is 0 Å². The molecule has 1 aromatic carbocycles. The maximum Gasteiger partial charge on any atom is 0.305 e. The number of hydrogen-bond donors (Lipinski definition) is 1. The maximum absolute atomic E-state index is 10.5. The average molecular weight is 245 g/mol. The van der Waals surface area contributed by atoms with Crippen LogP contribution in [0, 0.1) is 0 Å². The predicted molar refractivity (Wildman–Crippen MR) is 66.4 cm³/mol. The summed E-state index contributed by atoms with van der Waals surface area (Å²) in [5.41, 5.74) is 4.50. The molecule has 1 aliphatic rings. The zero-order chi connectivity index (χ0) is 12.5. The van der Waals surface area contributed by atoms with Crippen LogP contribution in [0.2, 0.25) is 0 Å². The van der Waals surface area contributed by atoms with Crippen molar-refractivity contribution >= 4 is 17.0 Å². The molecule has 5 nitrogen and oxygen atoms in total. The number of benzene rings is 1. The van der Waals surface area contributed by atoms with E-state index in [0.717, 1.165) is 23.9 Å². The first-order valence-electron chi connectivity index (χ1n) is 6.31. The number of fused-ring (bicyclic) bond motifs is 2. The zero-order valence-corrected chi connectivity index (χ0v) is 10.1. The highest BCUT2D eigenvalue weighted by Gasteiger charge is 2.13. The van der Waals surface area contributed by atoms with Crippen LogP contribution in [0.25, 0.3) is 11.0 Å². The standard InChI is InChI=1S/C13H15N3O2/c17-13(18)5-6-16-14-11-7-9-3-1-2-4-10(9)8-12(11)15-16/h7-8H,1-6H2,(H,17,18). The van der Waals surface area contributed by atoms with Crippen LogP contribution in [0.1, 0.15) is 30.4 Å². The summed E-state index contributed by atoms with van der Waals surface area (Å²) < 4.78 is 0. The Bertz CT molecular complexity index is 561. The van der Waals surface area contributed by atoms with Gasteiger partial charge in [0.1, 0.15) is 11.0 Å². The topological polar surface area (TPSA) is 68.0 Å². The fourth-order valence-corrected chi connectivity index (χ4v) is 2.49. The van der Waals surface area contributed by atoms with Gasteiger partial charge in [0, 0.05) is 0 Å². The molecule has 0 fully saturated rings. The highest BCUT2D eigenvalue weighted by Crippen LogP contribution is 2.24. The van der Waals surface area contributed by atoms with Crippen molar-refractivity contribution in [2.24, 2.45) is 0 Å². The summed E-state index contributed by atoms with van der Waals surface area (Å²) in [6, 6.07) is 4.21. The summed E-state index contributed by atoms with van der Waals surface area (Å²) >= 11 is 0. The van der Waals surface area contributed by atoms with E-state index in [2.05, 4.69) is 22.3 Å². The summed E-state index contributed by atoms with van der Waals surface area (Å²) in [5.74, 6) is -0.823. The van der Waals surface area contributed by atoms with Gasteiger partial charge in [-0.2, -0.15) is 15.0 Å². The van der Waals surface area contributed by atoms with Crippen LogP contribution in [0.4, 0.5) is 0 Å². The first-order chi connectivity index (χ1) is 8.72. The van der Waals surface area contributed by atoms with Gasteiger partial charge in [0.15, 0.2) is 0 Å². The summed E-state index contributed by atoms with van der Waals surface area (Å²) in [7, 11) is 0. The summed E-state index contributed by atoms with van der Waals surface area (Å²) in [6.45, 7) is 0.328. The molecule has 0 saturated heterocycles. The lowest BCUT2D eigenvalue weighted by Gasteiger charge is -2.14. The molecule has 5 heteroatoms. The van der Waals surface area contributed by atoms with Gasteiger partial charge in [-0.05, 0) is 48.9 Å². The van der Waals surface area contributed by atoms with E-state index in [9.17, 15) is 4.79 Å². The molecule has 0 amide bonds. The van der Waals surface area contributed by atoms with Gasteiger partial charge in [0.05, 0.1) is 13.0 Å². The Morgan fingerprint density at radius 3 is 2.22 bits per heavy atom. The second kappa shape index (κ2) is 4.40. The number of aromatic nitrogens is 3. The van der Waals surface area contributed by atoms with Gasteiger partial charge in [-0.15, -0.1) is 0 Å². The lowest BCUT2D eigenvalue weighted by atomic mass is 9.91. The fourth-order valence-electron chi connectivity index (χ4n) is 2.49. The van der Waals surface area contributed by atoms with Crippen LogP contribution in [0.15, 0.2) is 12.1 Å². The highest BCUT2D eigenvalue weighted by atomic mass is 16.4. The van der Waals surface area contributed by atoms with Gasteiger partial charge in [-0.1, -0.05) is 0 Å². The minimum atomic E-state index is -0.823. The number of carbonyl (C=O) groups is 1. The van der Waals surface area contributed by atoms with Crippen LogP contribution in [-0.4, -0.2) is 26.1 Å². The SMILES string of the molecule is O=C(O)CCn1nc2cc3c(cc2n1)CCCC3. The Hall–Kier alpha value is -1.91. The van der Waals surface area contributed by atoms with Crippen molar-refractivity contribution in [2.75, 3.05) is 0 Å². The van der Waals surface area contributed by atoms with Crippen LogP contribution < -0.4 is 0 Å². The van der Waals surface area contributed by atoms with Crippen molar-refractivity contribution in [2.45, 2.75) is 38.6 Å². The lowest BCUT2D eigenvalue weighted by Crippen LogP contribution is -2.07. The molecule has 0 aliphatic heterocycles. The van der Waals surface area contributed by atoms with Crippen molar-refractivity contribution in [1.29, 1.82) is 0 Å². The Labute approximate surface area is 104 Å². The molecule has 0 bridgehead atoms. The van der Waals surface area contributed by atoms with Gasteiger partial charge in [0.25, 0.3) is 0 Å². The smallest absolute Gasteiger partial charge is 0.305 e. The van der Waals surface area contributed by atoms with E-state index in [-0.39, 0.29) is 6.42 Å². The third-order valence-corrected chi connectivity index (χ3v) is 3.41. The fraction of sp³-hybridized carbons (Fsp3) is 0.462. The average Bonchev–Trinajstić information content (AvgIpc) is 2.75. The van der Waals surface area contributed by atoms with Gasteiger partial charge < -0.3 is 5.11 Å². The zero-order valence-electron chi connectivity index (χ0n) is 10.1. The molecule has 2 aromatic rings. The Morgan fingerprint density at radius 2 is 1.72 bits per heavy atom. The molecule has 1 N–H and O–H groups in total. The van der Waals surface area contributed by atoms with E-state index in [1.807, 2.05) is 0 Å². The molecule has 1 heterocycles. The second-order valence-electron chi connectivity index (χ2n) is 4.76. The van der Waals surface area contributed by atoms with E-state index in [1.54, 1.807) is 0 Å². The highest BCUT2D eigenvalue weighted by molar-refractivity contribution is 5.76. The molecule has 94 valence electrons. The Balaban J connectivity index is 1.93. The van der Waals surface area contributed by atoms with Gasteiger partial charge in [-0.25, -0.2) is 0 Å². The lowest BCUT2D eigenvalue weighted by molar-refractivity contribution is -0.137. The van der Waals surface area contributed by atoms with E-state index < -0.39 is 5.97 Å². The number of carboxylic acid groups (broad SMARTS) is 1. The van der Waals surface area contributed by atoms with E-state index in [4.69, 9.17) is 5.11 Å². The van der Waals surface area contributed by atoms with Crippen molar-refractivity contribution in [3.63, 3.8) is 0 Å². The third-order valence-electron chi connectivity index (χ3n) is 3.41. The summed E-state index contributed by atoms with van der Waals surface area (Å²) in [6.07, 6.45) is 4.78. The molecule has 3 rings (SSSR count). The van der Waals surface area contributed by atoms with E-state index in [1.165, 1.54) is 28.8 Å². The van der Waals surface area contributed by atoms with Crippen LogP contribution in [0.3, 0.4) is 0 Å². The number of carboxylic acids is 1. The van der Waals surface area contributed by atoms with Gasteiger partial charge >= 0.3 is 5.97 Å². The summed E-state index contributed by atoms with van der Waals surface area (Å²) in [4.78, 5) is 12.0. The molecule has 0 unspecified atom stereocenters. The summed E-state index contributed by atoms with van der Waals surface area (Å²) in [5, 5.41) is 17.3. The van der Waals surface area contributed by atoms with Gasteiger partial charge in [-0.3, -0.25) is 4.79 Å². The maximum atomic E-state index is 10.5. The van der Waals surface area contributed by atoms with Gasteiger partial charge in [0.2, 0.25) is 0 Å². The molecular formula is C13H15N3O2. The molecule has 0 radical (unpaired) electrons. The van der Waals surface area contributed by atoms with Crippen LogP contribution in [0.5, 0.6) is 0 Å². The molecule has 0 saturated carbocycles. The number of aliphatic carboxylic acids is 1. The number of hydrogen-bond acceptors (Lipinski definition) is 3. The minimum absolute atomic E-state index is 0.0563. The number of rotatable bonds is 3. The van der Waals surface area contributed by atoms with Crippen LogP contribution >= 0.6 is 0 Å². The van der Waals surface area contributed by atoms with Crippen LogP contribution in [-0.2, 0) is 24.2 Å². The molecular weight excluding hydrogens is 230 g/mol. The second-order valence-corrected chi connectivity index (χ2v) is 4.76. The van der Waals surface area contributed by atoms with E-state index >= 15 is 0 Å². The quantitative estimate of drug-likeness (QED) is 0.895. The molecule has 0 atom stereocenters. The third kappa shape index (κ3) is 2.08.